The Morgan fingerprint density at radius 1 is 1.29 bits per heavy atom. The Bertz CT molecular complexity index is 1120. The van der Waals surface area contributed by atoms with Gasteiger partial charge >= 0.3 is 6.36 Å². The van der Waals surface area contributed by atoms with Crippen molar-refractivity contribution in [1.29, 1.82) is 0 Å². The highest BCUT2D eigenvalue weighted by molar-refractivity contribution is 9.10. The SMILES string of the molecule is O=C(Cn1nc(OC(F)(F)F)c2cc(Br)ccc2c1=O)Nc1ncncc1F. The molecule has 3 rings (SSSR count). The highest BCUT2D eigenvalue weighted by atomic mass is 79.9. The highest BCUT2D eigenvalue weighted by Gasteiger charge is 2.33. The minimum atomic E-state index is -5.07. The number of aromatic nitrogens is 4. The lowest BCUT2D eigenvalue weighted by atomic mass is 10.2. The molecule has 146 valence electrons. The molecular formula is C15H8BrF4N5O3. The minimum absolute atomic E-state index is 0.154. The van der Waals surface area contributed by atoms with E-state index in [2.05, 4.69) is 41.1 Å². The molecule has 28 heavy (non-hydrogen) atoms. The van der Waals surface area contributed by atoms with Gasteiger partial charge in [-0.25, -0.2) is 19.0 Å². The average molecular weight is 462 g/mol. The van der Waals surface area contributed by atoms with Gasteiger partial charge in [0.05, 0.1) is 17.0 Å². The first-order valence-electron chi connectivity index (χ1n) is 7.35. The van der Waals surface area contributed by atoms with Crippen LogP contribution in [0.25, 0.3) is 10.8 Å². The van der Waals surface area contributed by atoms with E-state index < -0.39 is 41.9 Å². The fraction of sp³-hybridized carbons (Fsp3) is 0.133. The van der Waals surface area contributed by atoms with Gasteiger partial charge in [-0.2, -0.15) is 0 Å². The van der Waals surface area contributed by atoms with E-state index in [-0.39, 0.29) is 10.8 Å². The number of nitrogens with one attached hydrogen (secondary N) is 1. The van der Waals surface area contributed by atoms with Gasteiger partial charge in [-0.3, -0.25) is 9.59 Å². The van der Waals surface area contributed by atoms with Crippen molar-refractivity contribution in [3.63, 3.8) is 0 Å². The third-order valence-corrected chi connectivity index (χ3v) is 3.81. The normalized spacial score (nSPS) is 11.5. The van der Waals surface area contributed by atoms with Crippen molar-refractivity contribution in [1.82, 2.24) is 19.7 Å². The van der Waals surface area contributed by atoms with Crippen molar-refractivity contribution < 1.29 is 27.1 Å². The predicted molar refractivity (Wildman–Crippen MR) is 91.0 cm³/mol. The number of amides is 1. The molecule has 0 aliphatic rings. The summed E-state index contributed by atoms with van der Waals surface area (Å²) >= 11 is 3.09. The van der Waals surface area contributed by atoms with Gasteiger partial charge in [-0.15, -0.1) is 18.3 Å². The minimum Gasteiger partial charge on any atom is -0.386 e. The van der Waals surface area contributed by atoms with Crippen molar-refractivity contribution >= 4 is 38.4 Å². The lowest BCUT2D eigenvalue weighted by Crippen LogP contribution is -2.31. The zero-order chi connectivity index (χ0) is 20.5. The van der Waals surface area contributed by atoms with E-state index in [1.54, 1.807) is 0 Å². The van der Waals surface area contributed by atoms with E-state index in [1.807, 2.05) is 0 Å². The molecule has 2 aromatic heterocycles. The molecule has 0 aliphatic heterocycles. The van der Waals surface area contributed by atoms with Crippen LogP contribution >= 0.6 is 15.9 Å². The maximum Gasteiger partial charge on any atom is 0.574 e. The molecule has 0 fully saturated rings. The Labute approximate surface area is 161 Å². The van der Waals surface area contributed by atoms with E-state index in [0.717, 1.165) is 12.5 Å². The number of rotatable bonds is 4. The molecule has 1 aromatic carbocycles. The number of carbonyl (C=O) groups excluding carboxylic acids is 1. The van der Waals surface area contributed by atoms with E-state index in [1.165, 1.54) is 18.2 Å². The zero-order valence-corrected chi connectivity index (χ0v) is 15.1. The van der Waals surface area contributed by atoms with Gasteiger partial charge in [0.2, 0.25) is 11.8 Å². The second-order valence-electron chi connectivity index (χ2n) is 5.27. The van der Waals surface area contributed by atoms with E-state index in [0.29, 0.717) is 9.15 Å². The fourth-order valence-corrected chi connectivity index (χ4v) is 2.59. The number of benzene rings is 1. The number of hydrogen-bond donors (Lipinski definition) is 1. The Morgan fingerprint density at radius 2 is 2.04 bits per heavy atom. The molecular weight excluding hydrogens is 454 g/mol. The van der Waals surface area contributed by atoms with E-state index in [9.17, 15) is 27.2 Å². The van der Waals surface area contributed by atoms with Crippen molar-refractivity contribution in [2.45, 2.75) is 12.9 Å². The number of fused-ring (bicyclic) bond motifs is 1. The summed E-state index contributed by atoms with van der Waals surface area (Å²) in [6.07, 6.45) is -3.29. The van der Waals surface area contributed by atoms with Gasteiger partial charge < -0.3 is 10.1 Å². The van der Waals surface area contributed by atoms with Gasteiger partial charge in [-0.1, -0.05) is 15.9 Å². The highest BCUT2D eigenvalue weighted by Crippen LogP contribution is 2.28. The number of alkyl halides is 3. The maximum absolute atomic E-state index is 13.5. The largest absolute Gasteiger partial charge is 0.574 e. The van der Waals surface area contributed by atoms with E-state index in [4.69, 9.17) is 0 Å². The summed E-state index contributed by atoms with van der Waals surface area (Å²) in [6.45, 7) is -0.803. The quantitative estimate of drug-likeness (QED) is 0.599. The van der Waals surface area contributed by atoms with Crippen molar-refractivity contribution in [3.05, 3.63) is 51.4 Å². The van der Waals surface area contributed by atoms with Crippen LogP contribution in [0, 0.1) is 5.82 Å². The molecule has 13 heteroatoms. The molecule has 0 unspecified atom stereocenters. The summed E-state index contributed by atoms with van der Waals surface area (Å²) in [7, 11) is 0. The summed E-state index contributed by atoms with van der Waals surface area (Å²) in [5.74, 6) is -3.24. The van der Waals surface area contributed by atoms with Crippen LogP contribution in [0.5, 0.6) is 5.88 Å². The monoisotopic (exact) mass is 461 g/mol. The maximum atomic E-state index is 13.5. The third-order valence-electron chi connectivity index (χ3n) is 3.32. The number of hydrogen-bond acceptors (Lipinski definition) is 6. The summed E-state index contributed by atoms with van der Waals surface area (Å²) < 4.78 is 56.3. The van der Waals surface area contributed by atoms with Crippen LogP contribution < -0.4 is 15.6 Å². The Morgan fingerprint density at radius 3 is 2.71 bits per heavy atom. The second kappa shape index (κ2) is 7.50. The van der Waals surface area contributed by atoms with Crippen molar-refractivity contribution in [3.8, 4) is 5.88 Å². The molecule has 1 N–H and O–H groups in total. The first kappa shape index (κ1) is 19.7. The molecule has 0 aliphatic carbocycles. The zero-order valence-electron chi connectivity index (χ0n) is 13.5. The first-order chi connectivity index (χ1) is 13.1. The van der Waals surface area contributed by atoms with Gasteiger partial charge in [0.1, 0.15) is 12.9 Å². The Kier molecular flexibility index (Phi) is 5.27. The van der Waals surface area contributed by atoms with Crippen LogP contribution in [0.15, 0.2) is 40.0 Å². The van der Waals surface area contributed by atoms with E-state index >= 15 is 0 Å². The number of carbonyl (C=O) groups is 1. The first-order valence-corrected chi connectivity index (χ1v) is 8.15. The molecule has 1 amide bonds. The lowest BCUT2D eigenvalue weighted by Gasteiger charge is -2.13. The van der Waals surface area contributed by atoms with Crippen molar-refractivity contribution in [2.75, 3.05) is 5.32 Å². The second-order valence-corrected chi connectivity index (χ2v) is 6.19. The van der Waals surface area contributed by atoms with Crippen LogP contribution in [0.1, 0.15) is 0 Å². The molecule has 3 aromatic rings. The molecule has 0 saturated carbocycles. The van der Waals surface area contributed by atoms with Gasteiger partial charge in [0, 0.05) is 4.47 Å². The molecule has 8 nitrogen and oxygen atoms in total. The summed E-state index contributed by atoms with van der Waals surface area (Å²) in [5.41, 5.74) is -0.838. The summed E-state index contributed by atoms with van der Waals surface area (Å²) in [6, 6.07) is 3.92. The smallest absolute Gasteiger partial charge is 0.386 e. The van der Waals surface area contributed by atoms with Crippen molar-refractivity contribution in [2.24, 2.45) is 0 Å². The Balaban J connectivity index is 2.00. The predicted octanol–water partition coefficient (Wildman–Crippen LogP) is 2.63. The van der Waals surface area contributed by atoms with Crippen LogP contribution in [0.3, 0.4) is 0 Å². The topological polar surface area (TPSA) is 99.0 Å². The van der Waals surface area contributed by atoms with Gasteiger partial charge in [-0.05, 0) is 18.2 Å². The molecule has 0 spiro atoms. The molecule has 0 bridgehead atoms. The molecule has 0 atom stereocenters. The fourth-order valence-electron chi connectivity index (χ4n) is 2.23. The lowest BCUT2D eigenvalue weighted by molar-refractivity contribution is -0.275. The molecule has 0 radical (unpaired) electrons. The standard InChI is InChI=1S/C15H8BrF4N5O3/c16-7-1-2-8-9(3-7)13(28-15(18,19)20)24-25(14(8)27)5-11(26)23-12-10(17)4-21-6-22-12/h1-4,6H,5H2,(H,21,22,23,26). The van der Waals surface area contributed by atoms with Gasteiger partial charge in [0.15, 0.2) is 11.6 Å². The third kappa shape index (κ3) is 4.42. The number of anilines is 1. The molecule has 2 heterocycles. The number of nitrogens with zero attached hydrogens (tertiary/aromatic N) is 4. The average Bonchev–Trinajstić information content (AvgIpc) is 2.60. The van der Waals surface area contributed by atoms with Crippen LogP contribution in [-0.4, -0.2) is 32.0 Å². The van der Waals surface area contributed by atoms with Crippen LogP contribution in [0.2, 0.25) is 0 Å². The van der Waals surface area contributed by atoms with Crippen LogP contribution in [-0.2, 0) is 11.3 Å². The summed E-state index contributed by atoms with van der Waals surface area (Å²) in [4.78, 5) is 31.5. The van der Waals surface area contributed by atoms with Gasteiger partial charge in [0.25, 0.3) is 5.56 Å². The Hall–Kier alpha value is -3.09. The summed E-state index contributed by atoms with van der Waals surface area (Å²) in [5, 5.41) is 5.21. The number of halogens is 5. The molecule has 0 saturated heterocycles. The van der Waals surface area contributed by atoms with Crippen LogP contribution in [0.4, 0.5) is 23.4 Å². The number of ether oxygens (including phenoxy) is 1.